The maximum atomic E-state index is 13.5. The molecule has 3 aliphatic rings. The van der Waals surface area contributed by atoms with Gasteiger partial charge >= 0.3 is 0 Å². The van der Waals surface area contributed by atoms with Gasteiger partial charge in [-0.3, -0.25) is 9.79 Å². The summed E-state index contributed by atoms with van der Waals surface area (Å²) in [5.41, 5.74) is 6.58. The van der Waals surface area contributed by atoms with Gasteiger partial charge in [0.2, 0.25) is 12.2 Å². The predicted octanol–water partition coefficient (Wildman–Crippen LogP) is 4.36. The van der Waals surface area contributed by atoms with E-state index in [-0.39, 0.29) is 17.4 Å². The quantitative estimate of drug-likeness (QED) is 0.627. The molecule has 6 rings (SSSR count). The number of hydrogen-bond donors (Lipinski definition) is 0. The molecule has 1 aliphatic carbocycles. The lowest BCUT2D eigenvalue weighted by molar-refractivity contribution is 0.0251. The Morgan fingerprint density at radius 3 is 2.94 bits per heavy atom. The molecule has 0 radical (unpaired) electrons. The minimum absolute atomic E-state index is 0.0144. The maximum Gasteiger partial charge on any atom is 0.254 e. The van der Waals surface area contributed by atoms with Gasteiger partial charge in [-0.25, -0.2) is 0 Å². The van der Waals surface area contributed by atoms with Gasteiger partial charge in [0.1, 0.15) is 0 Å². The lowest BCUT2D eigenvalue weighted by Crippen LogP contribution is -2.59. The summed E-state index contributed by atoms with van der Waals surface area (Å²) < 4.78 is 4.94. The molecule has 0 saturated carbocycles. The molecule has 3 atom stereocenters. The third-order valence-electron chi connectivity index (χ3n) is 7.76. The number of aromatic nitrogens is 2. The van der Waals surface area contributed by atoms with E-state index in [9.17, 15) is 4.79 Å². The van der Waals surface area contributed by atoms with Crippen LogP contribution >= 0.6 is 0 Å². The summed E-state index contributed by atoms with van der Waals surface area (Å²) in [5.74, 6) is 1.12. The van der Waals surface area contributed by atoms with Crippen LogP contribution in [0.1, 0.15) is 47.3 Å². The first-order chi connectivity index (χ1) is 15.0. The standard InChI is InChI=1S/C25H24N4O2/c1-15-22-13-16-3-4-18(23-27-14-31-28-23)12-20(16)25(15,2)8-10-29(22)24(30)19-5-6-21-17(11-19)7-9-26-21/h3-6,9,11-12,14-15,22H,7-8,10,13H2,1-2H3/t15-,22-,25-/m1/s1. The summed E-state index contributed by atoms with van der Waals surface area (Å²) in [6, 6.07) is 12.6. The number of likely N-dealkylation sites (tertiary alicyclic amines) is 1. The van der Waals surface area contributed by atoms with Gasteiger partial charge < -0.3 is 9.42 Å². The highest BCUT2D eigenvalue weighted by molar-refractivity contribution is 5.96. The highest BCUT2D eigenvalue weighted by Gasteiger charge is 2.49. The van der Waals surface area contributed by atoms with Crippen LogP contribution in [0.5, 0.6) is 0 Å². The third kappa shape index (κ3) is 2.70. The van der Waals surface area contributed by atoms with Crippen LogP contribution in [0.2, 0.25) is 0 Å². The topological polar surface area (TPSA) is 71.6 Å². The number of rotatable bonds is 2. The Morgan fingerprint density at radius 2 is 2.10 bits per heavy atom. The van der Waals surface area contributed by atoms with Crippen molar-refractivity contribution in [2.24, 2.45) is 10.9 Å². The Bertz CT molecular complexity index is 1220. The van der Waals surface area contributed by atoms with E-state index in [1.807, 2.05) is 24.4 Å². The van der Waals surface area contributed by atoms with Gasteiger partial charge in [-0.05, 0) is 65.1 Å². The average molecular weight is 412 g/mol. The zero-order valence-corrected chi connectivity index (χ0v) is 17.7. The van der Waals surface area contributed by atoms with Crippen molar-refractivity contribution in [3.63, 3.8) is 0 Å². The molecule has 6 heteroatoms. The molecular formula is C25H24N4O2. The van der Waals surface area contributed by atoms with Gasteiger partial charge in [0.25, 0.3) is 5.91 Å². The van der Waals surface area contributed by atoms with Crippen molar-refractivity contribution >= 4 is 17.8 Å². The molecule has 0 N–H and O–H groups in total. The molecule has 2 bridgehead atoms. The average Bonchev–Trinajstić information content (AvgIpc) is 3.47. The Kier molecular flexibility index (Phi) is 3.94. The van der Waals surface area contributed by atoms with Crippen LogP contribution in [0.25, 0.3) is 11.4 Å². The Hall–Kier alpha value is -3.28. The third-order valence-corrected chi connectivity index (χ3v) is 7.76. The molecule has 0 spiro atoms. The van der Waals surface area contributed by atoms with Crippen LogP contribution in [-0.4, -0.2) is 39.7 Å². The number of benzene rings is 2. The van der Waals surface area contributed by atoms with Crippen LogP contribution < -0.4 is 0 Å². The number of piperidine rings is 1. The molecule has 1 aromatic heterocycles. The van der Waals surface area contributed by atoms with Crippen LogP contribution in [0, 0.1) is 5.92 Å². The predicted molar refractivity (Wildman–Crippen MR) is 118 cm³/mol. The molecule has 1 amide bonds. The SMILES string of the molecule is C[C@@H]1[C@H]2Cc3ccc(-c4ncon4)cc3[C@]1(C)CCN2C(=O)c1ccc2c(c1)CC=N2. The molecule has 3 aromatic rings. The van der Waals surface area contributed by atoms with Crippen molar-refractivity contribution < 1.29 is 9.32 Å². The largest absolute Gasteiger partial charge is 0.342 e. The van der Waals surface area contributed by atoms with E-state index < -0.39 is 0 Å². The van der Waals surface area contributed by atoms with E-state index in [4.69, 9.17) is 4.52 Å². The number of carbonyl (C=O) groups is 1. The fourth-order valence-electron chi connectivity index (χ4n) is 5.72. The first-order valence-electron chi connectivity index (χ1n) is 10.9. The lowest BCUT2D eigenvalue weighted by atomic mass is 9.58. The number of nitrogens with zero attached hydrogens (tertiary/aromatic N) is 4. The van der Waals surface area contributed by atoms with Crippen molar-refractivity contribution in [1.29, 1.82) is 0 Å². The molecule has 156 valence electrons. The first kappa shape index (κ1) is 18.5. The molecule has 2 aliphatic heterocycles. The van der Waals surface area contributed by atoms with Gasteiger partial charge in [0.05, 0.1) is 5.69 Å². The van der Waals surface area contributed by atoms with Gasteiger partial charge in [0, 0.05) is 36.3 Å². The van der Waals surface area contributed by atoms with Gasteiger partial charge in [-0.2, -0.15) is 4.98 Å². The van der Waals surface area contributed by atoms with E-state index in [1.54, 1.807) is 0 Å². The summed E-state index contributed by atoms with van der Waals surface area (Å²) in [7, 11) is 0. The summed E-state index contributed by atoms with van der Waals surface area (Å²) in [6.45, 7) is 5.41. The molecule has 1 fully saturated rings. The van der Waals surface area contributed by atoms with Gasteiger partial charge in [-0.1, -0.05) is 31.1 Å². The number of amides is 1. The van der Waals surface area contributed by atoms with E-state index >= 15 is 0 Å². The summed E-state index contributed by atoms with van der Waals surface area (Å²) >= 11 is 0. The maximum absolute atomic E-state index is 13.5. The smallest absolute Gasteiger partial charge is 0.254 e. The van der Waals surface area contributed by atoms with E-state index in [1.165, 1.54) is 17.5 Å². The Balaban J connectivity index is 1.34. The molecule has 3 heterocycles. The van der Waals surface area contributed by atoms with Crippen LogP contribution in [0.3, 0.4) is 0 Å². The van der Waals surface area contributed by atoms with Crippen molar-refractivity contribution in [2.45, 2.75) is 44.6 Å². The number of hydrogen-bond acceptors (Lipinski definition) is 5. The zero-order valence-electron chi connectivity index (χ0n) is 17.7. The Morgan fingerprint density at radius 1 is 1.19 bits per heavy atom. The fourth-order valence-corrected chi connectivity index (χ4v) is 5.72. The van der Waals surface area contributed by atoms with E-state index in [0.29, 0.717) is 11.7 Å². The highest BCUT2D eigenvalue weighted by atomic mass is 16.5. The lowest BCUT2D eigenvalue weighted by Gasteiger charge is -2.54. The first-order valence-corrected chi connectivity index (χ1v) is 10.9. The zero-order chi connectivity index (χ0) is 21.2. The molecular weight excluding hydrogens is 388 g/mol. The van der Waals surface area contributed by atoms with E-state index in [0.717, 1.165) is 48.2 Å². The van der Waals surface area contributed by atoms with Crippen molar-refractivity contribution in [3.05, 3.63) is 65.0 Å². The molecule has 1 saturated heterocycles. The molecule has 6 nitrogen and oxygen atoms in total. The second-order valence-corrected chi connectivity index (χ2v) is 9.21. The highest BCUT2D eigenvalue weighted by Crippen LogP contribution is 2.49. The van der Waals surface area contributed by atoms with Gasteiger partial charge in [0.15, 0.2) is 0 Å². The molecule has 2 aromatic carbocycles. The van der Waals surface area contributed by atoms with Crippen molar-refractivity contribution in [3.8, 4) is 11.4 Å². The minimum Gasteiger partial charge on any atom is -0.342 e. The second-order valence-electron chi connectivity index (χ2n) is 9.21. The number of carbonyl (C=O) groups excluding carboxylic acids is 1. The summed E-state index contributed by atoms with van der Waals surface area (Å²) in [5, 5.41) is 4.00. The summed E-state index contributed by atoms with van der Waals surface area (Å²) in [6.07, 6.45) is 5.90. The van der Waals surface area contributed by atoms with E-state index in [2.05, 4.69) is 52.1 Å². The van der Waals surface area contributed by atoms with Crippen LogP contribution in [0.15, 0.2) is 52.3 Å². The van der Waals surface area contributed by atoms with Gasteiger partial charge in [-0.15, -0.1) is 0 Å². The molecule has 31 heavy (non-hydrogen) atoms. The van der Waals surface area contributed by atoms with Crippen molar-refractivity contribution in [2.75, 3.05) is 6.54 Å². The number of fused-ring (bicyclic) bond motifs is 5. The summed E-state index contributed by atoms with van der Waals surface area (Å²) in [4.78, 5) is 24.2. The molecule has 0 unspecified atom stereocenters. The number of aliphatic imine (C=N–C) groups is 1. The van der Waals surface area contributed by atoms with Crippen LogP contribution in [-0.2, 0) is 18.3 Å². The minimum atomic E-state index is 0.0144. The second kappa shape index (κ2) is 6.61. The van der Waals surface area contributed by atoms with Crippen LogP contribution in [0.4, 0.5) is 5.69 Å². The fraction of sp³-hybridized carbons (Fsp3) is 0.360. The normalized spacial score (nSPS) is 25.9. The Labute approximate surface area is 181 Å². The van der Waals surface area contributed by atoms with Crippen molar-refractivity contribution in [1.82, 2.24) is 15.0 Å². The monoisotopic (exact) mass is 412 g/mol.